The Morgan fingerprint density at radius 3 is 2.46 bits per heavy atom. The van der Waals surface area contributed by atoms with E-state index in [9.17, 15) is 4.79 Å². The highest BCUT2D eigenvalue weighted by Crippen LogP contribution is 2.18. The van der Waals surface area contributed by atoms with Crippen molar-refractivity contribution in [1.29, 1.82) is 0 Å². The van der Waals surface area contributed by atoms with Crippen molar-refractivity contribution < 1.29 is 0 Å². The summed E-state index contributed by atoms with van der Waals surface area (Å²) in [4.78, 5) is 23.0. The second kappa shape index (κ2) is 7.65. The Balaban J connectivity index is 1.82. The van der Waals surface area contributed by atoms with E-state index in [1.165, 1.54) is 11.6 Å². The Hall–Kier alpha value is -3.41. The van der Waals surface area contributed by atoms with Gasteiger partial charge in [-0.05, 0) is 23.6 Å². The largest absolute Gasteiger partial charge is 0.369 e. The quantitative estimate of drug-likeness (QED) is 0.496. The summed E-state index contributed by atoms with van der Waals surface area (Å²) in [6, 6.07) is 18.8. The fourth-order valence-corrected chi connectivity index (χ4v) is 2.50. The third-order valence-corrected chi connectivity index (χ3v) is 3.87. The van der Waals surface area contributed by atoms with Gasteiger partial charge in [-0.3, -0.25) is 9.78 Å². The van der Waals surface area contributed by atoms with Gasteiger partial charge < -0.3 is 11.1 Å². The highest BCUT2D eigenvalue weighted by Gasteiger charge is 2.05. The Kier molecular flexibility index (Phi) is 5.12. The second-order valence-corrected chi connectivity index (χ2v) is 6.22. The predicted molar refractivity (Wildman–Crippen MR) is 106 cm³/mol. The van der Waals surface area contributed by atoms with Crippen LogP contribution in [0.1, 0.15) is 25.3 Å². The van der Waals surface area contributed by atoms with Gasteiger partial charge in [-0.15, -0.1) is 0 Å². The fraction of sp³-hybridized carbons (Fsp3) is 0.150. The number of hydrogen-bond donors (Lipinski definition) is 3. The summed E-state index contributed by atoms with van der Waals surface area (Å²) in [5.41, 5.74) is 9.11. The van der Waals surface area contributed by atoms with Crippen molar-refractivity contribution in [3.8, 4) is 11.3 Å². The van der Waals surface area contributed by atoms with Crippen LogP contribution in [0.3, 0.4) is 0 Å². The van der Waals surface area contributed by atoms with Gasteiger partial charge in [0.1, 0.15) is 0 Å². The van der Waals surface area contributed by atoms with Crippen molar-refractivity contribution in [2.45, 2.75) is 19.8 Å². The summed E-state index contributed by atoms with van der Waals surface area (Å²) in [7, 11) is 0. The van der Waals surface area contributed by atoms with Gasteiger partial charge in [0, 0.05) is 17.3 Å². The van der Waals surface area contributed by atoms with Crippen molar-refractivity contribution in [3.63, 3.8) is 0 Å². The van der Waals surface area contributed by atoms with Crippen LogP contribution in [-0.4, -0.2) is 15.9 Å². The summed E-state index contributed by atoms with van der Waals surface area (Å²) in [5, 5.41) is 3.00. The predicted octanol–water partition coefficient (Wildman–Crippen LogP) is 3.62. The lowest BCUT2D eigenvalue weighted by atomic mass is 10.0. The molecule has 132 valence electrons. The van der Waals surface area contributed by atoms with Gasteiger partial charge in [-0.1, -0.05) is 56.3 Å². The molecule has 0 bridgehead atoms. The maximum atomic E-state index is 11.9. The first-order valence-corrected chi connectivity index (χ1v) is 8.39. The average Bonchev–Trinajstić information content (AvgIpc) is 2.62. The van der Waals surface area contributed by atoms with Crippen molar-refractivity contribution >= 4 is 17.6 Å². The van der Waals surface area contributed by atoms with Gasteiger partial charge in [0.2, 0.25) is 11.9 Å². The zero-order valence-corrected chi connectivity index (χ0v) is 14.7. The van der Waals surface area contributed by atoms with E-state index in [1.54, 1.807) is 0 Å². The van der Waals surface area contributed by atoms with Gasteiger partial charge in [0.05, 0.1) is 5.69 Å². The van der Waals surface area contributed by atoms with E-state index in [4.69, 9.17) is 5.73 Å². The first-order valence-electron chi connectivity index (χ1n) is 8.39. The Labute approximate surface area is 151 Å². The van der Waals surface area contributed by atoms with Crippen LogP contribution in [0, 0.1) is 0 Å². The number of rotatable bonds is 4. The zero-order chi connectivity index (χ0) is 18.5. The number of anilines is 1. The van der Waals surface area contributed by atoms with Crippen molar-refractivity contribution in [2.24, 2.45) is 10.7 Å². The normalized spacial score (nSPS) is 11.6. The number of aromatic nitrogens is 2. The van der Waals surface area contributed by atoms with Gasteiger partial charge in [0.15, 0.2) is 0 Å². The lowest BCUT2D eigenvalue weighted by Gasteiger charge is -2.08. The molecule has 1 aromatic heterocycles. The molecule has 3 rings (SSSR count). The molecule has 4 N–H and O–H groups in total. The van der Waals surface area contributed by atoms with E-state index >= 15 is 0 Å². The maximum absolute atomic E-state index is 11.9. The molecule has 0 aliphatic heterocycles. The number of H-pyrrole nitrogens is 1. The molecule has 0 spiro atoms. The minimum absolute atomic E-state index is 0.149. The second-order valence-electron chi connectivity index (χ2n) is 6.22. The molecule has 1 heterocycles. The molecule has 0 radical (unpaired) electrons. The summed E-state index contributed by atoms with van der Waals surface area (Å²) < 4.78 is 0. The van der Waals surface area contributed by atoms with Crippen LogP contribution in [0.5, 0.6) is 0 Å². The van der Waals surface area contributed by atoms with E-state index in [-0.39, 0.29) is 17.5 Å². The number of nitrogens with two attached hydrogens (primary N) is 1. The smallest absolute Gasteiger partial charge is 0.252 e. The minimum atomic E-state index is -0.285. The molecule has 3 aromatic rings. The van der Waals surface area contributed by atoms with E-state index in [0.29, 0.717) is 11.6 Å². The number of nitrogens with one attached hydrogen (secondary N) is 2. The number of benzene rings is 2. The van der Waals surface area contributed by atoms with Crippen molar-refractivity contribution in [1.82, 2.24) is 9.97 Å². The maximum Gasteiger partial charge on any atom is 0.252 e. The van der Waals surface area contributed by atoms with E-state index in [0.717, 1.165) is 11.3 Å². The van der Waals surface area contributed by atoms with E-state index in [1.807, 2.05) is 54.6 Å². The molecule has 0 saturated carbocycles. The molecule has 26 heavy (non-hydrogen) atoms. The zero-order valence-electron chi connectivity index (χ0n) is 14.7. The average molecular weight is 347 g/mol. The van der Waals surface area contributed by atoms with Gasteiger partial charge >= 0.3 is 0 Å². The summed E-state index contributed by atoms with van der Waals surface area (Å²) in [6.45, 7) is 4.28. The number of nitrogens with zero attached hydrogens (tertiary/aromatic N) is 2. The number of aliphatic imine (C=N–C) groups is 1. The third-order valence-electron chi connectivity index (χ3n) is 3.87. The SMILES string of the molecule is CC(C)c1ccc(N/C(N)=N/c2nc(-c3ccccc3)cc(=O)[nH]2)cc1. The molecule has 6 nitrogen and oxygen atoms in total. The minimum Gasteiger partial charge on any atom is -0.369 e. The molecular formula is C20H21N5O. The van der Waals surface area contributed by atoms with Crippen molar-refractivity contribution in [3.05, 3.63) is 76.6 Å². The van der Waals surface area contributed by atoms with Crippen LogP contribution >= 0.6 is 0 Å². The lowest BCUT2D eigenvalue weighted by molar-refractivity contribution is 0.867. The molecule has 0 unspecified atom stereocenters. The highest BCUT2D eigenvalue weighted by atomic mass is 16.1. The first-order chi connectivity index (χ1) is 12.5. The van der Waals surface area contributed by atoms with Crippen LogP contribution in [0.15, 0.2) is 70.5 Å². The standard InChI is InChI=1S/C20H21N5O/c1-13(2)14-8-10-16(11-9-14)22-19(21)25-20-23-17(12-18(26)24-20)15-6-4-3-5-7-15/h3-13H,1-2H3,(H4,21,22,23,24,25,26). The Bertz CT molecular complexity index is 959. The van der Waals surface area contributed by atoms with Crippen LogP contribution < -0.4 is 16.6 Å². The molecule has 2 aromatic carbocycles. The third kappa shape index (κ3) is 4.36. The van der Waals surface area contributed by atoms with Crippen LogP contribution in [0.25, 0.3) is 11.3 Å². The lowest BCUT2D eigenvalue weighted by Crippen LogP contribution is -2.22. The number of hydrogen-bond acceptors (Lipinski definition) is 3. The summed E-state index contributed by atoms with van der Waals surface area (Å²) in [6.07, 6.45) is 0. The van der Waals surface area contributed by atoms with Gasteiger partial charge in [-0.25, -0.2) is 4.98 Å². The highest BCUT2D eigenvalue weighted by molar-refractivity contribution is 5.93. The first kappa shape index (κ1) is 17.4. The molecule has 6 heteroatoms. The van der Waals surface area contributed by atoms with Crippen LogP contribution in [0.2, 0.25) is 0 Å². The number of guanidine groups is 1. The van der Waals surface area contributed by atoms with Gasteiger partial charge in [0.25, 0.3) is 5.56 Å². The summed E-state index contributed by atoms with van der Waals surface area (Å²) >= 11 is 0. The number of aromatic amines is 1. The topological polar surface area (TPSA) is 96.2 Å². The van der Waals surface area contributed by atoms with E-state index in [2.05, 4.69) is 34.1 Å². The van der Waals surface area contributed by atoms with Crippen molar-refractivity contribution in [2.75, 3.05) is 5.32 Å². The fourth-order valence-electron chi connectivity index (χ4n) is 2.50. The monoisotopic (exact) mass is 347 g/mol. The Morgan fingerprint density at radius 1 is 1.12 bits per heavy atom. The van der Waals surface area contributed by atoms with Gasteiger partial charge in [-0.2, -0.15) is 4.99 Å². The molecule has 0 aliphatic rings. The summed E-state index contributed by atoms with van der Waals surface area (Å²) in [5.74, 6) is 0.765. The molecule has 0 saturated heterocycles. The molecule has 0 atom stereocenters. The van der Waals surface area contributed by atoms with E-state index < -0.39 is 0 Å². The molecule has 0 fully saturated rings. The van der Waals surface area contributed by atoms with Crippen LogP contribution in [0.4, 0.5) is 11.6 Å². The molecule has 0 aliphatic carbocycles. The molecular weight excluding hydrogens is 326 g/mol. The van der Waals surface area contributed by atoms with Crippen LogP contribution in [-0.2, 0) is 0 Å². The molecule has 0 amide bonds. The Morgan fingerprint density at radius 2 is 1.81 bits per heavy atom.